The Bertz CT molecular complexity index is 446. The van der Waals surface area contributed by atoms with E-state index in [1.165, 1.54) is 63.1 Å². The van der Waals surface area contributed by atoms with Crippen molar-refractivity contribution in [3.63, 3.8) is 0 Å². The lowest BCUT2D eigenvalue weighted by Gasteiger charge is -2.35. The Morgan fingerprint density at radius 3 is 2.76 bits per heavy atom. The van der Waals surface area contributed by atoms with Crippen LogP contribution in [0, 0.1) is 12.8 Å². The van der Waals surface area contributed by atoms with Crippen LogP contribution in [0.4, 0.5) is 5.95 Å². The summed E-state index contributed by atoms with van der Waals surface area (Å²) in [5.74, 6) is 2.00. The number of anilines is 1. The van der Waals surface area contributed by atoms with Crippen molar-refractivity contribution in [3.8, 4) is 0 Å². The van der Waals surface area contributed by atoms with Crippen LogP contribution in [-0.4, -0.2) is 36.2 Å². The molecule has 0 amide bonds. The fourth-order valence-electron chi connectivity index (χ4n) is 4.07. The summed E-state index contributed by atoms with van der Waals surface area (Å²) in [5, 5.41) is 3.34. The van der Waals surface area contributed by atoms with E-state index in [2.05, 4.69) is 35.0 Å². The standard InChI is InChI=1S/C17H30N4/c1-14-12-21(16-8-4-3-5-9-16)17(19-14)20-10-6-7-15(13-20)11-18-2/h12,15-16,18H,3-11,13H2,1-2H3. The van der Waals surface area contributed by atoms with Gasteiger partial charge in [0.25, 0.3) is 0 Å². The number of aromatic nitrogens is 2. The molecule has 1 N–H and O–H groups in total. The molecule has 1 aliphatic heterocycles. The van der Waals surface area contributed by atoms with E-state index in [9.17, 15) is 0 Å². The molecule has 1 unspecified atom stereocenters. The van der Waals surface area contributed by atoms with E-state index in [1.54, 1.807) is 0 Å². The zero-order valence-corrected chi connectivity index (χ0v) is 13.6. The largest absolute Gasteiger partial charge is 0.342 e. The SMILES string of the molecule is CNCC1CCCN(c2nc(C)cn2C2CCCCC2)C1. The second-order valence-corrected chi connectivity index (χ2v) is 6.89. The van der Waals surface area contributed by atoms with E-state index in [0.29, 0.717) is 6.04 Å². The zero-order valence-electron chi connectivity index (χ0n) is 13.6. The Morgan fingerprint density at radius 2 is 2.00 bits per heavy atom. The van der Waals surface area contributed by atoms with Crippen LogP contribution >= 0.6 is 0 Å². The Morgan fingerprint density at radius 1 is 1.19 bits per heavy atom. The molecular formula is C17H30N4. The maximum absolute atomic E-state index is 4.87. The van der Waals surface area contributed by atoms with Gasteiger partial charge >= 0.3 is 0 Å². The van der Waals surface area contributed by atoms with Crippen LogP contribution in [0.3, 0.4) is 0 Å². The van der Waals surface area contributed by atoms with Gasteiger partial charge in [-0.15, -0.1) is 0 Å². The van der Waals surface area contributed by atoms with E-state index in [1.807, 2.05) is 0 Å². The first-order chi connectivity index (χ1) is 10.3. The number of piperidine rings is 1. The Balaban J connectivity index is 1.77. The van der Waals surface area contributed by atoms with E-state index < -0.39 is 0 Å². The lowest BCUT2D eigenvalue weighted by Crippen LogP contribution is -2.40. The van der Waals surface area contributed by atoms with Gasteiger partial charge in [-0.1, -0.05) is 19.3 Å². The van der Waals surface area contributed by atoms with Gasteiger partial charge < -0.3 is 14.8 Å². The van der Waals surface area contributed by atoms with Crippen molar-refractivity contribution in [1.82, 2.24) is 14.9 Å². The summed E-state index contributed by atoms with van der Waals surface area (Å²) < 4.78 is 2.50. The van der Waals surface area contributed by atoms with Crippen molar-refractivity contribution in [3.05, 3.63) is 11.9 Å². The van der Waals surface area contributed by atoms with Gasteiger partial charge in [0.2, 0.25) is 5.95 Å². The molecule has 0 aromatic carbocycles. The number of aryl methyl sites for hydroxylation is 1. The van der Waals surface area contributed by atoms with Crippen LogP contribution in [0.25, 0.3) is 0 Å². The Kier molecular flexibility index (Phi) is 4.84. The minimum Gasteiger partial charge on any atom is -0.342 e. The Labute approximate surface area is 128 Å². The highest BCUT2D eigenvalue weighted by molar-refractivity contribution is 5.35. The zero-order chi connectivity index (χ0) is 14.7. The molecular weight excluding hydrogens is 260 g/mol. The van der Waals surface area contributed by atoms with E-state index in [4.69, 9.17) is 4.98 Å². The number of rotatable bonds is 4. The van der Waals surface area contributed by atoms with Crippen LogP contribution in [0.1, 0.15) is 56.7 Å². The number of hydrogen-bond donors (Lipinski definition) is 1. The van der Waals surface area contributed by atoms with Crippen LogP contribution in [0.15, 0.2) is 6.20 Å². The molecule has 1 aromatic heterocycles. The summed E-state index contributed by atoms with van der Waals surface area (Å²) in [5.41, 5.74) is 1.17. The molecule has 0 bridgehead atoms. The second kappa shape index (κ2) is 6.82. The summed E-state index contributed by atoms with van der Waals surface area (Å²) >= 11 is 0. The highest BCUT2D eigenvalue weighted by Gasteiger charge is 2.26. The van der Waals surface area contributed by atoms with Gasteiger partial charge in [0, 0.05) is 25.3 Å². The van der Waals surface area contributed by atoms with E-state index in [0.717, 1.165) is 19.0 Å². The van der Waals surface area contributed by atoms with Crippen molar-refractivity contribution in [1.29, 1.82) is 0 Å². The topological polar surface area (TPSA) is 33.1 Å². The van der Waals surface area contributed by atoms with Gasteiger partial charge in [0.1, 0.15) is 0 Å². The van der Waals surface area contributed by atoms with Crippen molar-refractivity contribution in [2.24, 2.45) is 5.92 Å². The van der Waals surface area contributed by atoms with Gasteiger partial charge in [-0.05, 0) is 52.1 Å². The van der Waals surface area contributed by atoms with E-state index >= 15 is 0 Å². The number of hydrogen-bond acceptors (Lipinski definition) is 3. The molecule has 0 radical (unpaired) electrons. The van der Waals surface area contributed by atoms with Crippen molar-refractivity contribution < 1.29 is 0 Å². The maximum atomic E-state index is 4.87. The molecule has 1 atom stereocenters. The fourth-order valence-corrected chi connectivity index (χ4v) is 4.07. The van der Waals surface area contributed by atoms with Crippen LogP contribution < -0.4 is 10.2 Å². The summed E-state index contributed by atoms with van der Waals surface area (Å²) in [6.45, 7) is 5.59. The molecule has 2 heterocycles. The molecule has 21 heavy (non-hydrogen) atoms. The molecule has 2 aliphatic rings. The van der Waals surface area contributed by atoms with Crippen molar-refractivity contribution in [2.45, 2.75) is 57.9 Å². The van der Waals surface area contributed by atoms with Crippen LogP contribution in [0.2, 0.25) is 0 Å². The predicted octanol–water partition coefficient (Wildman–Crippen LogP) is 3.13. The first-order valence-corrected chi connectivity index (χ1v) is 8.73. The fraction of sp³-hybridized carbons (Fsp3) is 0.824. The number of imidazole rings is 1. The molecule has 2 fully saturated rings. The average Bonchev–Trinajstić information content (AvgIpc) is 2.91. The van der Waals surface area contributed by atoms with Gasteiger partial charge in [0.05, 0.1) is 5.69 Å². The normalized spacial score (nSPS) is 24.5. The smallest absolute Gasteiger partial charge is 0.205 e. The van der Waals surface area contributed by atoms with Gasteiger partial charge in [0.15, 0.2) is 0 Å². The summed E-state index contributed by atoms with van der Waals surface area (Å²) in [6, 6.07) is 0.680. The molecule has 1 aliphatic carbocycles. The molecule has 1 aromatic rings. The molecule has 1 saturated heterocycles. The molecule has 1 saturated carbocycles. The monoisotopic (exact) mass is 290 g/mol. The number of nitrogens with one attached hydrogen (secondary N) is 1. The minimum atomic E-state index is 0.680. The first kappa shape index (κ1) is 14.9. The lowest BCUT2D eigenvalue weighted by atomic mass is 9.95. The second-order valence-electron chi connectivity index (χ2n) is 6.89. The Hall–Kier alpha value is -1.03. The quantitative estimate of drug-likeness (QED) is 0.925. The molecule has 4 heteroatoms. The summed E-state index contributed by atoms with van der Waals surface area (Å²) in [4.78, 5) is 7.41. The van der Waals surface area contributed by atoms with E-state index in [-0.39, 0.29) is 0 Å². The molecule has 4 nitrogen and oxygen atoms in total. The third-order valence-corrected chi connectivity index (χ3v) is 5.10. The van der Waals surface area contributed by atoms with Crippen LogP contribution in [-0.2, 0) is 0 Å². The summed E-state index contributed by atoms with van der Waals surface area (Å²) in [6.07, 6.45) is 11.8. The van der Waals surface area contributed by atoms with Crippen LogP contribution in [0.5, 0.6) is 0 Å². The van der Waals surface area contributed by atoms with Crippen molar-refractivity contribution in [2.75, 3.05) is 31.6 Å². The first-order valence-electron chi connectivity index (χ1n) is 8.73. The highest BCUT2D eigenvalue weighted by Crippen LogP contribution is 2.33. The minimum absolute atomic E-state index is 0.680. The van der Waals surface area contributed by atoms with Gasteiger partial charge in [-0.2, -0.15) is 0 Å². The van der Waals surface area contributed by atoms with Crippen molar-refractivity contribution >= 4 is 5.95 Å². The molecule has 3 rings (SSSR count). The van der Waals surface area contributed by atoms with Gasteiger partial charge in [-0.25, -0.2) is 4.98 Å². The maximum Gasteiger partial charge on any atom is 0.205 e. The summed E-state index contributed by atoms with van der Waals surface area (Å²) in [7, 11) is 2.06. The highest BCUT2D eigenvalue weighted by atomic mass is 15.3. The average molecular weight is 290 g/mol. The predicted molar refractivity (Wildman–Crippen MR) is 87.9 cm³/mol. The molecule has 118 valence electrons. The number of nitrogens with zero attached hydrogens (tertiary/aromatic N) is 3. The lowest BCUT2D eigenvalue weighted by molar-refractivity contribution is 0.344. The third kappa shape index (κ3) is 3.42. The third-order valence-electron chi connectivity index (χ3n) is 5.10. The van der Waals surface area contributed by atoms with Gasteiger partial charge in [-0.3, -0.25) is 0 Å². The molecule has 0 spiro atoms.